The fourth-order valence-electron chi connectivity index (χ4n) is 1.84. The van der Waals surface area contributed by atoms with E-state index in [1.54, 1.807) is 13.2 Å². The Balaban J connectivity index is 2.27. The zero-order chi connectivity index (χ0) is 13.8. The molecule has 0 aliphatic rings. The number of aromatic nitrogens is 1. The summed E-state index contributed by atoms with van der Waals surface area (Å²) in [5.74, 6) is 0.880. The van der Waals surface area contributed by atoms with Crippen molar-refractivity contribution in [2.24, 2.45) is 10.9 Å². The molecule has 1 aromatic heterocycles. The monoisotopic (exact) mass is 323 g/mol. The number of rotatable bonds is 4. The van der Waals surface area contributed by atoms with Crippen molar-refractivity contribution < 1.29 is 9.94 Å². The number of hydrogen-bond donors (Lipinski definition) is 2. The van der Waals surface area contributed by atoms with Crippen molar-refractivity contribution in [3.63, 3.8) is 0 Å². The Bertz CT molecular complexity index is 608. The minimum atomic E-state index is 0.0950. The Kier molecular flexibility index (Phi) is 4.11. The molecular weight excluding hydrogens is 310 g/mol. The van der Waals surface area contributed by atoms with Crippen LogP contribution in [-0.4, -0.2) is 22.7 Å². The van der Waals surface area contributed by atoms with Gasteiger partial charge in [0.25, 0.3) is 0 Å². The third-order valence-electron chi connectivity index (χ3n) is 2.77. The van der Waals surface area contributed by atoms with E-state index in [4.69, 9.17) is 15.7 Å². The van der Waals surface area contributed by atoms with E-state index in [9.17, 15) is 0 Å². The maximum atomic E-state index is 8.74. The molecule has 0 saturated carbocycles. The summed E-state index contributed by atoms with van der Waals surface area (Å²) in [5.41, 5.74) is 7.37. The van der Waals surface area contributed by atoms with Gasteiger partial charge >= 0.3 is 0 Å². The molecule has 0 spiro atoms. The highest BCUT2D eigenvalue weighted by Crippen LogP contribution is 2.26. The second-order valence-corrected chi connectivity index (χ2v) is 4.83. The van der Waals surface area contributed by atoms with Crippen molar-refractivity contribution in [2.45, 2.75) is 6.54 Å². The van der Waals surface area contributed by atoms with E-state index in [2.05, 4.69) is 21.1 Å². The number of nitrogens with two attached hydrogens (primary N) is 1. The molecule has 2 aromatic rings. The molecule has 1 aromatic carbocycles. The van der Waals surface area contributed by atoms with Crippen LogP contribution in [-0.2, 0) is 6.54 Å². The van der Waals surface area contributed by atoms with Gasteiger partial charge in [0.1, 0.15) is 5.75 Å². The van der Waals surface area contributed by atoms with Gasteiger partial charge < -0.3 is 20.2 Å². The molecule has 0 amide bonds. The van der Waals surface area contributed by atoms with Gasteiger partial charge in [-0.05, 0) is 45.8 Å². The molecule has 3 N–H and O–H groups in total. The van der Waals surface area contributed by atoms with Crippen molar-refractivity contribution in [1.29, 1.82) is 0 Å². The number of benzene rings is 1. The van der Waals surface area contributed by atoms with Gasteiger partial charge in [-0.25, -0.2) is 0 Å². The van der Waals surface area contributed by atoms with Crippen molar-refractivity contribution in [3.8, 4) is 5.75 Å². The van der Waals surface area contributed by atoms with Gasteiger partial charge in [-0.15, -0.1) is 0 Å². The smallest absolute Gasteiger partial charge is 0.186 e. The molecule has 2 rings (SSSR count). The highest BCUT2D eigenvalue weighted by molar-refractivity contribution is 9.10. The molecule has 0 radical (unpaired) electrons. The quantitative estimate of drug-likeness (QED) is 0.393. The van der Waals surface area contributed by atoms with Crippen molar-refractivity contribution in [1.82, 2.24) is 4.57 Å². The Hall–Kier alpha value is -1.95. The number of amidine groups is 1. The fraction of sp³-hybridized carbons (Fsp3) is 0.154. The summed E-state index contributed by atoms with van der Waals surface area (Å²) in [4.78, 5) is 0. The molecule has 6 heteroatoms. The predicted molar refractivity (Wildman–Crippen MR) is 76.7 cm³/mol. The average Bonchev–Trinajstić information content (AvgIpc) is 2.86. The fourth-order valence-corrected chi connectivity index (χ4v) is 2.43. The third-order valence-corrected chi connectivity index (χ3v) is 3.39. The first-order valence-corrected chi connectivity index (χ1v) is 6.40. The van der Waals surface area contributed by atoms with Crippen LogP contribution >= 0.6 is 15.9 Å². The summed E-state index contributed by atoms with van der Waals surface area (Å²) < 4.78 is 7.99. The lowest BCUT2D eigenvalue weighted by Gasteiger charge is -2.10. The van der Waals surface area contributed by atoms with Gasteiger partial charge in [-0.1, -0.05) is 11.2 Å². The normalized spacial score (nSPS) is 11.6. The zero-order valence-corrected chi connectivity index (χ0v) is 12.0. The summed E-state index contributed by atoms with van der Waals surface area (Å²) in [6, 6.07) is 9.50. The maximum Gasteiger partial charge on any atom is 0.186 e. The predicted octanol–water partition coefficient (Wildman–Crippen LogP) is 2.40. The number of ether oxygens (including phenoxy) is 1. The van der Waals surface area contributed by atoms with Crippen LogP contribution in [0.5, 0.6) is 5.75 Å². The first kappa shape index (κ1) is 13.5. The van der Waals surface area contributed by atoms with Gasteiger partial charge in [-0.3, -0.25) is 0 Å². The van der Waals surface area contributed by atoms with Gasteiger partial charge in [0.2, 0.25) is 0 Å². The molecular formula is C13H14BrN3O2. The summed E-state index contributed by atoms with van der Waals surface area (Å²) in [7, 11) is 1.63. The van der Waals surface area contributed by atoms with Crippen LogP contribution in [0, 0.1) is 0 Å². The lowest BCUT2D eigenvalue weighted by Crippen LogP contribution is -2.18. The largest absolute Gasteiger partial charge is 0.496 e. The summed E-state index contributed by atoms with van der Waals surface area (Å²) in [6.45, 7) is 0.626. The van der Waals surface area contributed by atoms with Gasteiger partial charge in [-0.2, -0.15) is 0 Å². The minimum Gasteiger partial charge on any atom is -0.496 e. The Morgan fingerprint density at radius 2 is 2.26 bits per heavy atom. The Morgan fingerprint density at radius 1 is 1.47 bits per heavy atom. The lowest BCUT2D eigenvalue weighted by atomic mass is 10.2. The van der Waals surface area contributed by atoms with E-state index < -0.39 is 0 Å². The van der Waals surface area contributed by atoms with Crippen LogP contribution in [0.4, 0.5) is 0 Å². The number of oxime groups is 1. The molecule has 1 heterocycles. The summed E-state index contributed by atoms with van der Waals surface area (Å²) >= 11 is 3.45. The molecule has 0 fully saturated rings. The topological polar surface area (TPSA) is 72.8 Å². The lowest BCUT2D eigenvalue weighted by molar-refractivity contribution is 0.318. The van der Waals surface area contributed by atoms with E-state index in [0.29, 0.717) is 12.2 Å². The molecule has 0 unspecified atom stereocenters. The highest BCUT2D eigenvalue weighted by Gasteiger charge is 2.07. The average molecular weight is 324 g/mol. The first-order valence-electron chi connectivity index (χ1n) is 5.61. The van der Waals surface area contributed by atoms with E-state index in [0.717, 1.165) is 15.8 Å². The highest BCUT2D eigenvalue weighted by atomic mass is 79.9. The molecule has 5 nitrogen and oxygen atoms in total. The molecule has 0 bridgehead atoms. The first-order chi connectivity index (χ1) is 9.15. The second kappa shape index (κ2) is 5.79. The standard InChI is InChI=1S/C13H14BrN3O2/c1-19-12-5-4-9(7-10(12)14)8-17-6-2-3-11(17)13(15)16-18/h2-7,18H,8H2,1H3,(H2,15,16). The molecule has 100 valence electrons. The number of methoxy groups -OCH3 is 1. The van der Waals surface area contributed by atoms with Crippen LogP contribution in [0.2, 0.25) is 0 Å². The molecule has 0 aliphatic carbocycles. The molecule has 19 heavy (non-hydrogen) atoms. The zero-order valence-electron chi connectivity index (χ0n) is 10.4. The van der Waals surface area contributed by atoms with Crippen LogP contribution in [0.1, 0.15) is 11.3 Å². The third kappa shape index (κ3) is 2.90. The Labute approximate surface area is 119 Å². The van der Waals surface area contributed by atoms with Crippen molar-refractivity contribution in [2.75, 3.05) is 7.11 Å². The summed E-state index contributed by atoms with van der Waals surface area (Å²) in [6.07, 6.45) is 1.88. The molecule has 0 aliphatic heterocycles. The van der Waals surface area contributed by atoms with Crippen LogP contribution in [0.15, 0.2) is 46.2 Å². The number of halogens is 1. The van der Waals surface area contributed by atoms with E-state index in [1.807, 2.05) is 35.0 Å². The van der Waals surface area contributed by atoms with E-state index in [-0.39, 0.29) is 5.84 Å². The number of hydrogen-bond acceptors (Lipinski definition) is 3. The number of nitrogens with zero attached hydrogens (tertiary/aromatic N) is 2. The van der Waals surface area contributed by atoms with Crippen LogP contribution in [0.25, 0.3) is 0 Å². The SMILES string of the molecule is COc1ccc(Cn2cccc2/C(N)=N/O)cc1Br. The van der Waals surface area contributed by atoms with Gasteiger partial charge in [0.05, 0.1) is 17.3 Å². The maximum absolute atomic E-state index is 8.74. The van der Waals surface area contributed by atoms with Gasteiger partial charge in [0.15, 0.2) is 5.84 Å². The Morgan fingerprint density at radius 3 is 2.89 bits per heavy atom. The molecule has 0 atom stereocenters. The van der Waals surface area contributed by atoms with Gasteiger partial charge in [0, 0.05) is 12.7 Å². The second-order valence-electron chi connectivity index (χ2n) is 3.98. The molecule has 0 saturated heterocycles. The summed E-state index contributed by atoms with van der Waals surface area (Å²) in [5, 5.41) is 11.8. The van der Waals surface area contributed by atoms with E-state index in [1.165, 1.54) is 0 Å². The van der Waals surface area contributed by atoms with Crippen molar-refractivity contribution in [3.05, 3.63) is 52.3 Å². The van der Waals surface area contributed by atoms with Crippen LogP contribution in [0.3, 0.4) is 0 Å². The van der Waals surface area contributed by atoms with Crippen molar-refractivity contribution >= 4 is 21.8 Å². The van der Waals surface area contributed by atoms with E-state index >= 15 is 0 Å². The van der Waals surface area contributed by atoms with Crippen LogP contribution < -0.4 is 10.5 Å². The minimum absolute atomic E-state index is 0.0950.